The Morgan fingerprint density at radius 1 is 1.30 bits per heavy atom. The number of para-hydroxylation sites is 1. The summed E-state index contributed by atoms with van der Waals surface area (Å²) in [5.74, 6) is 0.792. The van der Waals surface area contributed by atoms with Crippen molar-refractivity contribution in [3.63, 3.8) is 0 Å². The van der Waals surface area contributed by atoms with Crippen molar-refractivity contribution in [3.05, 3.63) is 40.9 Å². The third-order valence-corrected chi connectivity index (χ3v) is 3.64. The number of amides is 2. The van der Waals surface area contributed by atoms with E-state index in [1.165, 1.54) is 11.3 Å². The molecular weight excluding hydrogens is 274 g/mol. The number of ether oxygens (including phenoxy) is 1. The largest absolute Gasteiger partial charge is 0.492 e. The monoisotopic (exact) mass is 291 g/mol. The van der Waals surface area contributed by atoms with Crippen LogP contribution in [0.15, 0.2) is 30.3 Å². The number of thiazole rings is 1. The molecule has 1 aromatic carbocycles. The summed E-state index contributed by atoms with van der Waals surface area (Å²) in [6.45, 7) is 4.75. The van der Waals surface area contributed by atoms with Gasteiger partial charge < -0.3 is 10.1 Å². The minimum absolute atomic E-state index is 0.268. The molecular formula is C14H17N3O2S. The van der Waals surface area contributed by atoms with Crippen LogP contribution in [-0.4, -0.2) is 24.2 Å². The number of anilines is 1. The minimum atomic E-state index is -0.268. The van der Waals surface area contributed by atoms with E-state index in [1.54, 1.807) is 0 Å². The number of aryl methyl sites for hydroxylation is 2. The fourth-order valence-electron chi connectivity index (χ4n) is 1.52. The number of aromatic nitrogens is 1. The van der Waals surface area contributed by atoms with Crippen LogP contribution in [0.4, 0.5) is 9.93 Å². The first-order valence-electron chi connectivity index (χ1n) is 6.32. The third kappa shape index (κ3) is 4.24. The molecule has 20 heavy (non-hydrogen) atoms. The van der Waals surface area contributed by atoms with E-state index in [-0.39, 0.29) is 6.03 Å². The van der Waals surface area contributed by atoms with Gasteiger partial charge in [0.15, 0.2) is 5.13 Å². The first-order valence-corrected chi connectivity index (χ1v) is 7.13. The highest BCUT2D eigenvalue weighted by molar-refractivity contribution is 7.15. The van der Waals surface area contributed by atoms with Gasteiger partial charge in [-0.1, -0.05) is 18.2 Å². The zero-order valence-corrected chi connectivity index (χ0v) is 12.3. The predicted molar refractivity (Wildman–Crippen MR) is 80.5 cm³/mol. The van der Waals surface area contributed by atoms with Gasteiger partial charge in [0.2, 0.25) is 0 Å². The Morgan fingerprint density at radius 3 is 2.70 bits per heavy atom. The molecule has 0 unspecified atom stereocenters. The highest BCUT2D eigenvalue weighted by atomic mass is 32.1. The average Bonchev–Trinajstić information content (AvgIpc) is 2.74. The molecule has 0 aliphatic rings. The second-order valence-corrected chi connectivity index (χ2v) is 5.41. The maximum absolute atomic E-state index is 11.6. The Balaban J connectivity index is 1.68. The summed E-state index contributed by atoms with van der Waals surface area (Å²) in [6, 6.07) is 9.22. The van der Waals surface area contributed by atoms with Crippen molar-refractivity contribution in [3.8, 4) is 5.75 Å². The lowest BCUT2D eigenvalue weighted by atomic mass is 10.3. The van der Waals surface area contributed by atoms with Gasteiger partial charge in [-0.2, -0.15) is 0 Å². The number of hydrogen-bond donors (Lipinski definition) is 2. The van der Waals surface area contributed by atoms with E-state index in [0.29, 0.717) is 18.3 Å². The molecule has 0 fully saturated rings. The maximum atomic E-state index is 11.6. The number of benzene rings is 1. The van der Waals surface area contributed by atoms with Gasteiger partial charge in [0.05, 0.1) is 12.2 Å². The van der Waals surface area contributed by atoms with Crippen molar-refractivity contribution in [1.82, 2.24) is 10.3 Å². The molecule has 2 amide bonds. The fraction of sp³-hybridized carbons (Fsp3) is 0.286. The molecule has 1 heterocycles. The van der Waals surface area contributed by atoms with Crippen LogP contribution in [0.2, 0.25) is 0 Å². The van der Waals surface area contributed by atoms with E-state index in [1.807, 2.05) is 44.2 Å². The summed E-state index contributed by atoms with van der Waals surface area (Å²) in [5, 5.41) is 6.04. The Bertz CT molecular complexity index is 550. The number of rotatable bonds is 5. The van der Waals surface area contributed by atoms with Crippen molar-refractivity contribution < 1.29 is 9.53 Å². The molecule has 0 saturated carbocycles. The number of urea groups is 1. The van der Waals surface area contributed by atoms with Gasteiger partial charge in [0.25, 0.3) is 0 Å². The average molecular weight is 291 g/mol. The van der Waals surface area contributed by atoms with Gasteiger partial charge in [0.1, 0.15) is 12.4 Å². The smallest absolute Gasteiger partial charge is 0.321 e. The summed E-state index contributed by atoms with van der Waals surface area (Å²) in [7, 11) is 0. The van der Waals surface area contributed by atoms with Crippen LogP contribution < -0.4 is 15.4 Å². The van der Waals surface area contributed by atoms with Crippen LogP contribution in [0.5, 0.6) is 5.75 Å². The van der Waals surface area contributed by atoms with E-state index < -0.39 is 0 Å². The molecule has 0 atom stereocenters. The highest BCUT2D eigenvalue weighted by Crippen LogP contribution is 2.20. The van der Waals surface area contributed by atoms with Gasteiger partial charge >= 0.3 is 6.03 Å². The lowest BCUT2D eigenvalue weighted by molar-refractivity contribution is 0.247. The number of hydrogen-bond acceptors (Lipinski definition) is 4. The van der Waals surface area contributed by atoms with E-state index in [0.717, 1.165) is 16.3 Å². The molecule has 2 rings (SSSR count). The quantitative estimate of drug-likeness (QED) is 0.832. The molecule has 106 valence electrons. The molecule has 6 heteroatoms. The van der Waals surface area contributed by atoms with Crippen molar-refractivity contribution in [2.45, 2.75) is 13.8 Å². The number of nitrogens with one attached hydrogen (secondary N) is 2. The molecule has 2 N–H and O–H groups in total. The summed E-state index contributed by atoms with van der Waals surface area (Å²) < 4.78 is 5.47. The van der Waals surface area contributed by atoms with E-state index in [4.69, 9.17) is 4.74 Å². The SMILES string of the molecule is Cc1nc(NC(=O)NCCOc2ccccc2)sc1C. The van der Waals surface area contributed by atoms with Crippen LogP contribution in [0.1, 0.15) is 10.6 Å². The van der Waals surface area contributed by atoms with Gasteiger partial charge in [-0.05, 0) is 26.0 Å². The zero-order chi connectivity index (χ0) is 14.4. The molecule has 0 spiro atoms. The summed E-state index contributed by atoms with van der Waals surface area (Å²) in [5.41, 5.74) is 0.942. The van der Waals surface area contributed by atoms with Gasteiger partial charge in [0, 0.05) is 4.88 Å². The number of carbonyl (C=O) groups excluding carboxylic acids is 1. The Kier molecular flexibility index (Phi) is 4.95. The Morgan fingerprint density at radius 2 is 2.05 bits per heavy atom. The number of nitrogens with zero attached hydrogens (tertiary/aromatic N) is 1. The molecule has 0 aliphatic heterocycles. The Hall–Kier alpha value is -2.08. The van der Waals surface area contributed by atoms with Crippen LogP contribution in [0, 0.1) is 13.8 Å². The molecule has 5 nitrogen and oxygen atoms in total. The molecule has 2 aromatic rings. The highest BCUT2D eigenvalue weighted by Gasteiger charge is 2.06. The second-order valence-electron chi connectivity index (χ2n) is 4.20. The van der Waals surface area contributed by atoms with Crippen molar-refractivity contribution in [1.29, 1.82) is 0 Å². The molecule has 1 aromatic heterocycles. The van der Waals surface area contributed by atoms with Crippen LogP contribution in [-0.2, 0) is 0 Å². The van der Waals surface area contributed by atoms with Gasteiger partial charge in [-0.15, -0.1) is 11.3 Å². The van der Waals surface area contributed by atoms with E-state index in [2.05, 4.69) is 15.6 Å². The van der Waals surface area contributed by atoms with Crippen LogP contribution >= 0.6 is 11.3 Å². The van der Waals surface area contributed by atoms with Gasteiger partial charge in [-0.3, -0.25) is 5.32 Å². The second kappa shape index (κ2) is 6.91. The first-order chi connectivity index (χ1) is 9.65. The molecule has 0 aliphatic carbocycles. The normalized spacial score (nSPS) is 10.1. The van der Waals surface area contributed by atoms with Crippen LogP contribution in [0.3, 0.4) is 0 Å². The summed E-state index contributed by atoms with van der Waals surface area (Å²) >= 11 is 1.46. The summed E-state index contributed by atoms with van der Waals surface area (Å²) in [6.07, 6.45) is 0. The van der Waals surface area contributed by atoms with Crippen molar-refractivity contribution in [2.24, 2.45) is 0 Å². The molecule has 0 bridgehead atoms. The van der Waals surface area contributed by atoms with Crippen molar-refractivity contribution in [2.75, 3.05) is 18.5 Å². The van der Waals surface area contributed by atoms with Crippen LogP contribution in [0.25, 0.3) is 0 Å². The lowest BCUT2D eigenvalue weighted by Gasteiger charge is -2.07. The number of carbonyl (C=O) groups is 1. The maximum Gasteiger partial charge on any atom is 0.321 e. The fourth-order valence-corrected chi connectivity index (χ4v) is 2.33. The zero-order valence-electron chi connectivity index (χ0n) is 11.5. The third-order valence-electron chi connectivity index (χ3n) is 2.65. The van der Waals surface area contributed by atoms with E-state index >= 15 is 0 Å². The predicted octanol–water partition coefficient (Wildman–Crippen LogP) is 2.96. The van der Waals surface area contributed by atoms with Gasteiger partial charge in [-0.25, -0.2) is 9.78 Å². The molecule has 0 saturated heterocycles. The Labute approximate surface area is 122 Å². The minimum Gasteiger partial charge on any atom is -0.492 e. The lowest BCUT2D eigenvalue weighted by Crippen LogP contribution is -2.32. The topological polar surface area (TPSA) is 63.2 Å². The van der Waals surface area contributed by atoms with Crippen molar-refractivity contribution >= 4 is 22.5 Å². The standard InChI is InChI=1S/C14H17N3O2S/c1-10-11(2)20-14(16-10)17-13(18)15-8-9-19-12-6-4-3-5-7-12/h3-7H,8-9H2,1-2H3,(H2,15,16,17,18). The summed E-state index contributed by atoms with van der Waals surface area (Å²) in [4.78, 5) is 17.0. The first kappa shape index (κ1) is 14.3. The molecule has 0 radical (unpaired) electrons. The van der Waals surface area contributed by atoms with E-state index in [9.17, 15) is 4.79 Å².